The van der Waals surface area contributed by atoms with Crippen molar-refractivity contribution in [2.75, 3.05) is 0 Å². The summed E-state index contributed by atoms with van der Waals surface area (Å²) in [7, 11) is 0. The first-order valence-electron chi connectivity index (χ1n) is 9.47. The van der Waals surface area contributed by atoms with Crippen molar-refractivity contribution in [3.05, 3.63) is 111 Å². The van der Waals surface area contributed by atoms with Crippen molar-refractivity contribution in [1.82, 2.24) is 0 Å². The molecule has 0 aromatic heterocycles. The van der Waals surface area contributed by atoms with Crippen LogP contribution in [-0.4, -0.2) is 0 Å². The third-order valence-corrected chi connectivity index (χ3v) is 3.74. The van der Waals surface area contributed by atoms with E-state index in [1.165, 1.54) is 22.3 Å². The van der Waals surface area contributed by atoms with Crippen LogP contribution in [0.3, 0.4) is 0 Å². The first-order valence-corrected chi connectivity index (χ1v) is 9.47. The van der Waals surface area contributed by atoms with Gasteiger partial charge in [-0.3, -0.25) is 0 Å². The smallest absolute Gasteiger partial charge is 0.346 e. The van der Waals surface area contributed by atoms with E-state index in [2.05, 4.69) is 88.7 Å². The van der Waals surface area contributed by atoms with Crippen LogP contribution in [0.2, 0.25) is 0 Å². The van der Waals surface area contributed by atoms with E-state index in [-0.39, 0.29) is 19.5 Å². The van der Waals surface area contributed by atoms with Gasteiger partial charge in [-0.2, -0.15) is 13.8 Å². The van der Waals surface area contributed by atoms with Crippen LogP contribution in [0.25, 0.3) is 22.3 Å². The van der Waals surface area contributed by atoms with Gasteiger partial charge in [-0.1, -0.05) is 97.1 Å². The van der Waals surface area contributed by atoms with Crippen molar-refractivity contribution < 1.29 is 19.5 Å². The van der Waals surface area contributed by atoms with E-state index in [0.717, 1.165) is 22.3 Å². The first-order chi connectivity index (χ1) is 13.2. The Kier molecular flexibility index (Phi) is 19.8. The summed E-state index contributed by atoms with van der Waals surface area (Å²) in [6.07, 6.45) is 0. The molecule has 152 valence electrons. The third-order valence-electron chi connectivity index (χ3n) is 3.74. The van der Waals surface area contributed by atoms with Crippen LogP contribution in [0.15, 0.2) is 74.8 Å². The van der Waals surface area contributed by atoms with E-state index in [1.807, 2.05) is 27.7 Å². The van der Waals surface area contributed by atoms with Gasteiger partial charge in [0, 0.05) is 0 Å². The quantitative estimate of drug-likeness (QED) is 0.329. The maximum Gasteiger partial charge on any atom is 2.00 e. The molecule has 0 fully saturated rings. The van der Waals surface area contributed by atoms with Crippen LogP contribution in [-0.2, 0) is 19.5 Å². The van der Waals surface area contributed by atoms with Crippen LogP contribution >= 0.6 is 0 Å². The molecule has 0 bridgehead atoms. The minimum absolute atomic E-state index is 0. The fourth-order valence-electron chi connectivity index (χ4n) is 2.08. The predicted octanol–water partition coefficient (Wildman–Crippen LogP) is 9.18. The summed E-state index contributed by atoms with van der Waals surface area (Å²) in [6.45, 7) is 33.5. The van der Waals surface area contributed by atoms with Gasteiger partial charge in [-0.15, -0.1) is 0 Å². The van der Waals surface area contributed by atoms with Gasteiger partial charge in [0.2, 0.25) is 0 Å². The summed E-state index contributed by atoms with van der Waals surface area (Å²) in [5.74, 6) is 0. The number of benzene rings is 2. The fraction of sp³-hybridized carbons (Fsp3) is 0.214. The first kappa shape index (κ1) is 31.7. The van der Waals surface area contributed by atoms with Crippen LogP contribution in [0.1, 0.15) is 63.8 Å². The largest absolute Gasteiger partial charge is 2.00 e. The molecule has 0 amide bonds. The Bertz CT molecular complexity index is 610. The average Bonchev–Trinajstić information content (AvgIpc) is 2.71. The van der Waals surface area contributed by atoms with Crippen molar-refractivity contribution in [2.24, 2.45) is 0 Å². The summed E-state index contributed by atoms with van der Waals surface area (Å²) in [5.41, 5.74) is 9.18. The number of hydrogen-bond acceptors (Lipinski definition) is 0. The molecule has 0 radical (unpaired) electrons. The summed E-state index contributed by atoms with van der Waals surface area (Å²) < 4.78 is 0. The normalized spacial score (nSPS) is 8.28. The zero-order chi connectivity index (χ0) is 22.3. The number of hydrogen-bond donors (Lipinski definition) is 0. The van der Waals surface area contributed by atoms with Crippen molar-refractivity contribution in [3.8, 4) is 0 Å². The second-order valence-corrected chi connectivity index (χ2v) is 6.28. The Balaban J connectivity index is -0.000000386. The molecule has 0 spiro atoms. The SMILES string of the molecule is C=C(C)c1ccc(C(=C)C)cc1.C=C(C)c1ccc(C(=C)C)cc1.[CH2-]C.[CH2-]C.[Zn+2]. The molecule has 0 aliphatic heterocycles. The fourth-order valence-corrected chi connectivity index (χ4v) is 2.08. The molecule has 0 unspecified atom stereocenters. The molecule has 0 atom stereocenters. The molecule has 0 saturated heterocycles. The van der Waals surface area contributed by atoms with E-state index in [4.69, 9.17) is 0 Å². The molecule has 2 rings (SSSR count). The molecule has 0 nitrogen and oxygen atoms in total. The average molecular weight is 440 g/mol. The maximum absolute atomic E-state index is 3.88. The van der Waals surface area contributed by atoms with Gasteiger partial charge in [0.05, 0.1) is 0 Å². The maximum atomic E-state index is 3.88. The van der Waals surface area contributed by atoms with Crippen LogP contribution in [0, 0.1) is 13.8 Å². The van der Waals surface area contributed by atoms with E-state index in [9.17, 15) is 0 Å². The Hall–Kier alpha value is -1.98. The summed E-state index contributed by atoms with van der Waals surface area (Å²) in [6, 6.07) is 16.6. The molecule has 2 aromatic rings. The summed E-state index contributed by atoms with van der Waals surface area (Å²) in [5, 5.41) is 0. The van der Waals surface area contributed by atoms with E-state index >= 15 is 0 Å². The van der Waals surface area contributed by atoms with Crippen LogP contribution in [0.5, 0.6) is 0 Å². The van der Waals surface area contributed by atoms with Crippen LogP contribution < -0.4 is 0 Å². The Morgan fingerprint density at radius 3 is 0.621 bits per heavy atom. The molecule has 0 aliphatic rings. The van der Waals surface area contributed by atoms with Gasteiger partial charge in [-0.05, 0) is 49.9 Å². The number of allylic oxidation sites excluding steroid dienone is 4. The van der Waals surface area contributed by atoms with Gasteiger partial charge in [-0.25, -0.2) is 0 Å². The standard InChI is InChI=1S/2C12H14.2C2H5.Zn/c2*1-9(2)11-5-7-12(8-6-11)10(3)4;2*1-2;/h2*5-8H,1,3H2,2,4H3;2*1H2,2H3;/q;;2*-1;+2. The molecule has 1 heteroatoms. The van der Waals surface area contributed by atoms with Crippen molar-refractivity contribution >= 4 is 22.3 Å². The van der Waals surface area contributed by atoms with Crippen molar-refractivity contribution in [3.63, 3.8) is 0 Å². The Morgan fingerprint density at radius 2 is 0.552 bits per heavy atom. The minimum Gasteiger partial charge on any atom is -0.346 e. The molecule has 0 saturated carbocycles. The van der Waals surface area contributed by atoms with Gasteiger partial charge in [0.25, 0.3) is 0 Å². The predicted molar refractivity (Wildman–Crippen MR) is 134 cm³/mol. The van der Waals surface area contributed by atoms with Gasteiger partial charge in [0.15, 0.2) is 0 Å². The summed E-state index contributed by atoms with van der Waals surface area (Å²) >= 11 is 0. The number of rotatable bonds is 4. The second-order valence-electron chi connectivity index (χ2n) is 6.28. The molecule has 29 heavy (non-hydrogen) atoms. The minimum atomic E-state index is 0. The molecule has 0 N–H and O–H groups in total. The van der Waals surface area contributed by atoms with Crippen LogP contribution in [0.4, 0.5) is 0 Å². The molecular formula is C28H38Zn. The van der Waals surface area contributed by atoms with Gasteiger partial charge >= 0.3 is 19.5 Å². The second kappa shape index (κ2) is 18.1. The zero-order valence-corrected chi connectivity index (χ0v) is 22.5. The topological polar surface area (TPSA) is 0 Å². The van der Waals surface area contributed by atoms with Crippen molar-refractivity contribution in [2.45, 2.75) is 41.5 Å². The Labute approximate surface area is 193 Å². The van der Waals surface area contributed by atoms with E-state index in [0.29, 0.717) is 0 Å². The molecule has 0 heterocycles. The van der Waals surface area contributed by atoms with Crippen molar-refractivity contribution in [1.29, 1.82) is 0 Å². The zero-order valence-electron chi connectivity index (χ0n) is 19.6. The molecule has 0 aliphatic carbocycles. The third kappa shape index (κ3) is 13.0. The van der Waals surface area contributed by atoms with E-state index in [1.54, 1.807) is 13.8 Å². The van der Waals surface area contributed by atoms with Gasteiger partial charge < -0.3 is 13.8 Å². The summed E-state index contributed by atoms with van der Waals surface area (Å²) in [4.78, 5) is 0. The van der Waals surface area contributed by atoms with Gasteiger partial charge in [0.1, 0.15) is 0 Å². The Morgan fingerprint density at radius 1 is 0.448 bits per heavy atom. The molecule has 2 aromatic carbocycles. The van der Waals surface area contributed by atoms with E-state index < -0.39 is 0 Å². The monoisotopic (exact) mass is 438 g/mol. The molecular weight excluding hydrogens is 402 g/mol.